The molecule has 1 aromatic heterocycles. The van der Waals surface area contributed by atoms with Crippen molar-refractivity contribution in [3.63, 3.8) is 0 Å². The predicted molar refractivity (Wildman–Crippen MR) is 106 cm³/mol. The number of aromatic nitrogens is 2. The normalized spacial score (nSPS) is 16.5. The molecular weight excluding hydrogens is 413 g/mol. The van der Waals surface area contributed by atoms with Crippen molar-refractivity contribution in [2.24, 2.45) is 5.92 Å². The maximum Gasteiger partial charge on any atom is 0.416 e. The number of carboxylic acid groups (broad SMARTS) is 1. The third-order valence-electron chi connectivity index (χ3n) is 5.10. The van der Waals surface area contributed by atoms with Gasteiger partial charge in [-0.3, -0.25) is 14.6 Å². The Kier molecular flexibility index (Phi) is 5.22. The van der Waals surface area contributed by atoms with Crippen LogP contribution in [0, 0.1) is 5.92 Å². The number of rotatable bonds is 4. The number of carboxylic acids is 1. The average Bonchev–Trinajstić information content (AvgIpc) is 3.23. The molecule has 1 atom stereocenters. The standard InChI is InChI=1S/C21H17F3N4O3/c22-21(23,24)14-3-6-16-17(9-14)27-18(10-25-16)26-15-4-1-12(2-5-15)19(29)28-8-7-13(11-28)20(30)31/h1-6,9-10,13H,7-8,11H2,(H,26,27)(H,30,31). The Morgan fingerprint density at radius 3 is 2.48 bits per heavy atom. The van der Waals surface area contributed by atoms with Crippen LogP contribution in [0.25, 0.3) is 11.0 Å². The Hall–Kier alpha value is -3.69. The van der Waals surface area contributed by atoms with Gasteiger partial charge in [-0.25, -0.2) is 4.98 Å². The summed E-state index contributed by atoms with van der Waals surface area (Å²) in [6.07, 6.45) is -2.64. The van der Waals surface area contributed by atoms with E-state index in [0.29, 0.717) is 29.7 Å². The van der Waals surface area contributed by atoms with Crippen LogP contribution in [0.2, 0.25) is 0 Å². The number of anilines is 2. The Morgan fingerprint density at radius 2 is 1.84 bits per heavy atom. The van der Waals surface area contributed by atoms with Gasteiger partial charge in [-0.2, -0.15) is 13.2 Å². The van der Waals surface area contributed by atoms with Crippen LogP contribution in [0.4, 0.5) is 24.7 Å². The van der Waals surface area contributed by atoms with Gasteiger partial charge < -0.3 is 15.3 Å². The number of carbonyl (C=O) groups excluding carboxylic acids is 1. The van der Waals surface area contributed by atoms with Gasteiger partial charge in [0, 0.05) is 24.3 Å². The van der Waals surface area contributed by atoms with Crippen molar-refractivity contribution in [1.82, 2.24) is 14.9 Å². The molecule has 3 aromatic rings. The Labute approximate surface area is 174 Å². The molecule has 31 heavy (non-hydrogen) atoms. The van der Waals surface area contributed by atoms with Crippen LogP contribution in [0.15, 0.2) is 48.7 Å². The van der Waals surface area contributed by atoms with E-state index >= 15 is 0 Å². The average molecular weight is 430 g/mol. The number of halogens is 3. The van der Waals surface area contributed by atoms with E-state index in [1.807, 2.05) is 0 Å². The summed E-state index contributed by atoms with van der Waals surface area (Å²) in [4.78, 5) is 33.4. The molecule has 1 fully saturated rings. The molecule has 0 saturated carbocycles. The highest BCUT2D eigenvalue weighted by molar-refractivity contribution is 5.95. The minimum absolute atomic E-state index is 0.105. The number of fused-ring (bicyclic) bond motifs is 1. The molecule has 0 spiro atoms. The third kappa shape index (κ3) is 4.42. The Balaban J connectivity index is 1.48. The van der Waals surface area contributed by atoms with E-state index in [1.54, 1.807) is 24.3 Å². The first kappa shape index (κ1) is 20.6. The highest BCUT2D eigenvalue weighted by Crippen LogP contribution is 2.31. The summed E-state index contributed by atoms with van der Waals surface area (Å²) in [5.41, 5.74) is 0.623. The number of hydrogen-bond donors (Lipinski definition) is 2. The number of carbonyl (C=O) groups is 2. The molecule has 10 heteroatoms. The molecule has 7 nitrogen and oxygen atoms in total. The number of hydrogen-bond acceptors (Lipinski definition) is 5. The predicted octanol–water partition coefficient (Wildman–Crippen LogP) is 3.94. The lowest BCUT2D eigenvalue weighted by atomic mass is 10.1. The lowest BCUT2D eigenvalue weighted by Gasteiger charge is -2.16. The van der Waals surface area contributed by atoms with Gasteiger partial charge in [-0.15, -0.1) is 0 Å². The third-order valence-corrected chi connectivity index (χ3v) is 5.10. The number of alkyl halides is 3. The van der Waals surface area contributed by atoms with Crippen molar-refractivity contribution >= 4 is 34.4 Å². The second kappa shape index (κ2) is 7.86. The number of benzene rings is 2. The SMILES string of the molecule is O=C(O)C1CCN(C(=O)c2ccc(Nc3cnc4ccc(C(F)(F)F)cc4n3)cc2)C1. The van der Waals surface area contributed by atoms with Gasteiger partial charge in [-0.05, 0) is 48.9 Å². The molecule has 1 aliphatic rings. The van der Waals surface area contributed by atoms with Crippen molar-refractivity contribution in [1.29, 1.82) is 0 Å². The molecule has 4 rings (SSSR count). The summed E-state index contributed by atoms with van der Waals surface area (Å²) in [6, 6.07) is 9.62. The van der Waals surface area contributed by atoms with Crippen LogP contribution < -0.4 is 5.32 Å². The van der Waals surface area contributed by atoms with Gasteiger partial charge in [0.25, 0.3) is 5.91 Å². The van der Waals surface area contributed by atoms with E-state index in [0.717, 1.165) is 12.1 Å². The summed E-state index contributed by atoms with van der Waals surface area (Å²) in [7, 11) is 0. The molecule has 160 valence electrons. The van der Waals surface area contributed by atoms with Crippen LogP contribution in [0.3, 0.4) is 0 Å². The summed E-state index contributed by atoms with van der Waals surface area (Å²) in [5, 5.41) is 12.0. The van der Waals surface area contributed by atoms with Crippen LogP contribution >= 0.6 is 0 Å². The molecule has 0 aliphatic carbocycles. The zero-order valence-electron chi connectivity index (χ0n) is 16.1. The zero-order valence-corrected chi connectivity index (χ0v) is 16.1. The molecule has 2 heterocycles. The van der Waals surface area contributed by atoms with Gasteiger partial charge in [-0.1, -0.05) is 0 Å². The fourth-order valence-corrected chi connectivity index (χ4v) is 3.42. The first-order chi connectivity index (χ1) is 14.7. The van der Waals surface area contributed by atoms with Crippen molar-refractivity contribution in [2.45, 2.75) is 12.6 Å². The first-order valence-corrected chi connectivity index (χ1v) is 9.44. The molecule has 2 N–H and O–H groups in total. The molecular formula is C21H17F3N4O3. The van der Waals surface area contributed by atoms with Crippen molar-refractivity contribution in [3.05, 3.63) is 59.8 Å². The summed E-state index contributed by atoms with van der Waals surface area (Å²) < 4.78 is 38.7. The summed E-state index contributed by atoms with van der Waals surface area (Å²) in [6.45, 7) is 0.573. The molecule has 2 aromatic carbocycles. The molecule has 1 saturated heterocycles. The minimum atomic E-state index is -4.47. The van der Waals surface area contributed by atoms with E-state index in [9.17, 15) is 22.8 Å². The van der Waals surface area contributed by atoms with E-state index in [2.05, 4.69) is 15.3 Å². The van der Waals surface area contributed by atoms with Crippen molar-refractivity contribution < 1.29 is 27.9 Å². The fourth-order valence-electron chi connectivity index (χ4n) is 3.42. The molecule has 1 amide bonds. The highest BCUT2D eigenvalue weighted by Gasteiger charge is 2.31. The van der Waals surface area contributed by atoms with Crippen LogP contribution in [-0.2, 0) is 11.0 Å². The van der Waals surface area contributed by atoms with E-state index in [-0.39, 0.29) is 23.8 Å². The van der Waals surface area contributed by atoms with Crippen molar-refractivity contribution in [3.8, 4) is 0 Å². The van der Waals surface area contributed by atoms with E-state index in [4.69, 9.17) is 5.11 Å². The van der Waals surface area contributed by atoms with E-state index < -0.39 is 23.6 Å². The monoisotopic (exact) mass is 430 g/mol. The van der Waals surface area contributed by atoms with Gasteiger partial charge >= 0.3 is 12.1 Å². The lowest BCUT2D eigenvalue weighted by Crippen LogP contribution is -2.29. The molecule has 1 unspecified atom stereocenters. The number of likely N-dealkylation sites (tertiary alicyclic amines) is 1. The highest BCUT2D eigenvalue weighted by atomic mass is 19.4. The minimum Gasteiger partial charge on any atom is -0.481 e. The zero-order chi connectivity index (χ0) is 22.2. The largest absolute Gasteiger partial charge is 0.481 e. The molecule has 0 bridgehead atoms. The van der Waals surface area contributed by atoms with Crippen LogP contribution in [0.1, 0.15) is 22.3 Å². The topological polar surface area (TPSA) is 95.4 Å². The number of nitrogens with one attached hydrogen (secondary N) is 1. The molecule has 1 aliphatic heterocycles. The summed E-state index contributed by atoms with van der Waals surface area (Å²) in [5.74, 6) is -1.45. The van der Waals surface area contributed by atoms with Crippen LogP contribution in [0.5, 0.6) is 0 Å². The lowest BCUT2D eigenvalue weighted by molar-refractivity contribution is -0.141. The quantitative estimate of drug-likeness (QED) is 0.651. The van der Waals surface area contributed by atoms with E-state index in [1.165, 1.54) is 17.2 Å². The second-order valence-corrected chi connectivity index (χ2v) is 7.23. The number of amides is 1. The Morgan fingerprint density at radius 1 is 1.10 bits per heavy atom. The second-order valence-electron chi connectivity index (χ2n) is 7.23. The van der Waals surface area contributed by atoms with Crippen LogP contribution in [-0.4, -0.2) is 44.9 Å². The Bertz CT molecular complexity index is 1150. The maximum absolute atomic E-state index is 12.9. The van der Waals surface area contributed by atoms with Crippen molar-refractivity contribution in [2.75, 3.05) is 18.4 Å². The molecule has 0 radical (unpaired) electrons. The smallest absolute Gasteiger partial charge is 0.416 e. The maximum atomic E-state index is 12.9. The fraction of sp³-hybridized carbons (Fsp3) is 0.238. The van der Waals surface area contributed by atoms with Gasteiger partial charge in [0.15, 0.2) is 0 Å². The van der Waals surface area contributed by atoms with Gasteiger partial charge in [0.2, 0.25) is 0 Å². The van der Waals surface area contributed by atoms with Gasteiger partial charge in [0.1, 0.15) is 5.82 Å². The van der Waals surface area contributed by atoms with Gasteiger partial charge in [0.05, 0.1) is 28.7 Å². The number of nitrogens with zero attached hydrogens (tertiary/aromatic N) is 3. The summed E-state index contributed by atoms with van der Waals surface area (Å²) >= 11 is 0. The first-order valence-electron chi connectivity index (χ1n) is 9.44. The number of aliphatic carboxylic acids is 1.